The second-order valence-electron chi connectivity index (χ2n) is 3.59. The monoisotopic (exact) mass is 237 g/mol. The van der Waals surface area contributed by atoms with Crippen LogP contribution in [0.25, 0.3) is 0 Å². The van der Waals surface area contributed by atoms with Gasteiger partial charge in [0.1, 0.15) is 5.69 Å². The summed E-state index contributed by atoms with van der Waals surface area (Å²) in [6.07, 6.45) is 1.69. The summed E-state index contributed by atoms with van der Waals surface area (Å²) in [5, 5.41) is 2.98. The molecule has 1 N–H and O–H groups in total. The van der Waals surface area contributed by atoms with Gasteiger partial charge in [0.25, 0.3) is 5.91 Å². The summed E-state index contributed by atoms with van der Waals surface area (Å²) in [5.41, 5.74) is 1.46. The highest BCUT2D eigenvalue weighted by atomic mass is 32.2. The highest BCUT2D eigenvalue weighted by Crippen LogP contribution is 2.13. The molecule has 86 valence electrons. The van der Waals surface area contributed by atoms with Crippen LogP contribution in [0.4, 0.5) is 5.69 Å². The highest BCUT2D eigenvalue weighted by Gasteiger charge is 2.18. The van der Waals surface area contributed by atoms with Crippen molar-refractivity contribution in [1.82, 2.24) is 9.88 Å². The molecular formula is C11H15N3OS. The van der Waals surface area contributed by atoms with Crippen LogP contribution in [0.2, 0.25) is 0 Å². The first kappa shape index (κ1) is 11.3. The van der Waals surface area contributed by atoms with Crippen molar-refractivity contribution < 1.29 is 4.79 Å². The standard InChI is InChI=1S/C11H15N3OS/c1-12-9-2-3-10(13-8-9)11(15)14-4-6-16-7-5-14/h2-3,8,12H,4-7H2,1H3. The van der Waals surface area contributed by atoms with Gasteiger partial charge in [0, 0.05) is 31.6 Å². The van der Waals surface area contributed by atoms with Crippen molar-refractivity contribution in [2.24, 2.45) is 0 Å². The van der Waals surface area contributed by atoms with E-state index in [0.717, 1.165) is 30.3 Å². The van der Waals surface area contributed by atoms with Crippen LogP contribution in [-0.2, 0) is 0 Å². The maximum absolute atomic E-state index is 12.0. The van der Waals surface area contributed by atoms with Crippen molar-refractivity contribution in [2.45, 2.75) is 0 Å². The number of nitrogens with one attached hydrogen (secondary N) is 1. The minimum Gasteiger partial charge on any atom is -0.387 e. The molecule has 16 heavy (non-hydrogen) atoms. The second-order valence-corrected chi connectivity index (χ2v) is 4.81. The fourth-order valence-corrected chi connectivity index (χ4v) is 2.50. The van der Waals surface area contributed by atoms with Gasteiger partial charge in [0.05, 0.1) is 11.9 Å². The van der Waals surface area contributed by atoms with E-state index in [1.807, 2.05) is 29.8 Å². The van der Waals surface area contributed by atoms with Gasteiger partial charge in [0.15, 0.2) is 0 Å². The molecule has 1 amide bonds. The number of hydrogen-bond acceptors (Lipinski definition) is 4. The third-order valence-electron chi connectivity index (χ3n) is 2.57. The van der Waals surface area contributed by atoms with Crippen LogP contribution in [0.15, 0.2) is 18.3 Å². The number of amides is 1. The van der Waals surface area contributed by atoms with Crippen LogP contribution >= 0.6 is 11.8 Å². The Morgan fingerprint density at radius 2 is 2.19 bits per heavy atom. The van der Waals surface area contributed by atoms with Crippen molar-refractivity contribution in [2.75, 3.05) is 37.0 Å². The predicted octanol–water partition coefficient (Wildman–Crippen LogP) is 1.31. The van der Waals surface area contributed by atoms with Crippen molar-refractivity contribution in [3.8, 4) is 0 Å². The highest BCUT2D eigenvalue weighted by molar-refractivity contribution is 7.99. The number of pyridine rings is 1. The van der Waals surface area contributed by atoms with Crippen LogP contribution < -0.4 is 5.32 Å². The Morgan fingerprint density at radius 1 is 1.44 bits per heavy atom. The Hall–Kier alpha value is -1.23. The van der Waals surface area contributed by atoms with Crippen molar-refractivity contribution in [3.63, 3.8) is 0 Å². The summed E-state index contributed by atoms with van der Waals surface area (Å²) in [7, 11) is 1.83. The number of rotatable bonds is 2. The van der Waals surface area contributed by atoms with Gasteiger partial charge in [-0.1, -0.05) is 0 Å². The van der Waals surface area contributed by atoms with E-state index in [4.69, 9.17) is 0 Å². The van der Waals surface area contributed by atoms with Gasteiger partial charge in [-0.15, -0.1) is 0 Å². The van der Waals surface area contributed by atoms with E-state index in [1.54, 1.807) is 12.3 Å². The molecule has 1 aliphatic rings. The van der Waals surface area contributed by atoms with E-state index in [1.165, 1.54) is 0 Å². The van der Waals surface area contributed by atoms with E-state index in [9.17, 15) is 4.79 Å². The third-order valence-corrected chi connectivity index (χ3v) is 3.51. The number of anilines is 1. The molecule has 1 aromatic heterocycles. The Labute approximate surface area is 99.4 Å². The number of hydrogen-bond donors (Lipinski definition) is 1. The quantitative estimate of drug-likeness (QED) is 0.842. The molecule has 0 unspecified atom stereocenters. The number of thioether (sulfide) groups is 1. The molecule has 0 bridgehead atoms. The Bertz CT molecular complexity index is 360. The first-order valence-corrected chi connectivity index (χ1v) is 6.47. The predicted molar refractivity (Wildman–Crippen MR) is 67.0 cm³/mol. The Morgan fingerprint density at radius 3 is 2.75 bits per heavy atom. The molecule has 1 saturated heterocycles. The van der Waals surface area contributed by atoms with E-state index >= 15 is 0 Å². The maximum Gasteiger partial charge on any atom is 0.272 e. The zero-order valence-electron chi connectivity index (χ0n) is 9.27. The van der Waals surface area contributed by atoms with E-state index in [-0.39, 0.29) is 5.91 Å². The zero-order valence-corrected chi connectivity index (χ0v) is 10.1. The van der Waals surface area contributed by atoms with Crippen LogP contribution in [-0.4, -0.2) is 47.4 Å². The Balaban J connectivity index is 2.07. The van der Waals surface area contributed by atoms with Gasteiger partial charge in [-0.3, -0.25) is 4.79 Å². The minimum absolute atomic E-state index is 0.0444. The molecule has 1 fully saturated rings. The summed E-state index contributed by atoms with van der Waals surface area (Å²) in [6, 6.07) is 3.65. The van der Waals surface area contributed by atoms with E-state index in [2.05, 4.69) is 10.3 Å². The van der Waals surface area contributed by atoms with Gasteiger partial charge in [-0.05, 0) is 12.1 Å². The van der Waals surface area contributed by atoms with Gasteiger partial charge in [0.2, 0.25) is 0 Å². The minimum atomic E-state index is 0.0444. The van der Waals surface area contributed by atoms with Gasteiger partial charge >= 0.3 is 0 Å². The molecule has 0 spiro atoms. The average molecular weight is 237 g/mol. The molecule has 2 heterocycles. The molecule has 0 aromatic carbocycles. The molecule has 5 heteroatoms. The molecular weight excluding hydrogens is 222 g/mol. The fraction of sp³-hybridized carbons (Fsp3) is 0.455. The molecule has 0 saturated carbocycles. The number of aromatic nitrogens is 1. The summed E-state index contributed by atoms with van der Waals surface area (Å²) in [6.45, 7) is 1.66. The lowest BCUT2D eigenvalue weighted by Gasteiger charge is -2.25. The number of nitrogens with zero attached hydrogens (tertiary/aromatic N) is 2. The lowest BCUT2D eigenvalue weighted by molar-refractivity contribution is 0.0766. The molecule has 0 atom stereocenters. The van der Waals surface area contributed by atoms with Crippen molar-refractivity contribution in [1.29, 1.82) is 0 Å². The van der Waals surface area contributed by atoms with Gasteiger partial charge in [-0.2, -0.15) is 11.8 Å². The smallest absolute Gasteiger partial charge is 0.272 e. The normalized spacial score (nSPS) is 15.9. The van der Waals surface area contributed by atoms with Crippen molar-refractivity contribution in [3.05, 3.63) is 24.0 Å². The lowest BCUT2D eigenvalue weighted by atomic mass is 10.3. The average Bonchev–Trinajstić information content (AvgIpc) is 2.39. The number of carbonyl (C=O) groups is 1. The Kier molecular flexibility index (Phi) is 3.66. The van der Waals surface area contributed by atoms with Gasteiger partial charge < -0.3 is 10.2 Å². The first-order chi connectivity index (χ1) is 7.81. The largest absolute Gasteiger partial charge is 0.387 e. The van der Waals surface area contributed by atoms with Crippen molar-refractivity contribution >= 4 is 23.4 Å². The molecule has 4 nitrogen and oxygen atoms in total. The summed E-state index contributed by atoms with van der Waals surface area (Å²) >= 11 is 1.89. The molecule has 0 radical (unpaired) electrons. The zero-order chi connectivity index (χ0) is 11.4. The lowest BCUT2D eigenvalue weighted by Crippen LogP contribution is -2.38. The summed E-state index contributed by atoms with van der Waals surface area (Å²) in [5.74, 6) is 2.10. The summed E-state index contributed by atoms with van der Waals surface area (Å²) in [4.78, 5) is 18.1. The van der Waals surface area contributed by atoms with Crippen LogP contribution in [0.1, 0.15) is 10.5 Å². The van der Waals surface area contributed by atoms with E-state index in [0.29, 0.717) is 5.69 Å². The van der Waals surface area contributed by atoms with Crippen LogP contribution in [0, 0.1) is 0 Å². The topological polar surface area (TPSA) is 45.2 Å². The molecule has 0 aliphatic carbocycles. The second kappa shape index (κ2) is 5.21. The maximum atomic E-state index is 12.0. The molecule has 1 aliphatic heterocycles. The number of carbonyl (C=O) groups excluding carboxylic acids is 1. The summed E-state index contributed by atoms with van der Waals surface area (Å²) < 4.78 is 0. The first-order valence-electron chi connectivity index (χ1n) is 5.32. The fourth-order valence-electron chi connectivity index (χ4n) is 1.60. The molecule has 2 rings (SSSR count). The van der Waals surface area contributed by atoms with E-state index < -0.39 is 0 Å². The third kappa shape index (κ3) is 2.47. The van der Waals surface area contributed by atoms with Gasteiger partial charge in [-0.25, -0.2) is 4.98 Å². The van der Waals surface area contributed by atoms with Crippen LogP contribution in [0.5, 0.6) is 0 Å². The SMILES string of the molecule is CNc1ccc(C(=O)N2CCSCC2)nc1. The molecule has 1 aromatic rings. The van der Waals surface area contributed by atoms with Crippen LogP contribution in [0.3, 0.4) is 0 Å².